The van der Waals surface area contributed by atoms with Gasteiger partial charge in [-0.15, -0.1) is 0 Å². The molecule has 0 spiro atoms. The Morgan fingerprint density at radius 3 is 2.62 bits per heavy atom. The van der Waals surface area contributed by atoms with Crippen LogP contribution < -0.4 is 14.9 Å². The Balaban J connectivity index is 1.55. The first-order valence-corrected chi connectivity index (χ1v) is 8.15. The smallest absolute Gasteiger partial charge is 0.284 e. The monoisotopic (exact) mass is 386 g/mol. The van der Waals surface area contributed by atoms with E-state index < -0.39 is 6.10 Å². The SMILES string of the molecule is O=C(N/N=C/C(Br)=C/c1ccccc1)C1COc2ccccc2O1. The Hall–Kier alpha value is -2.60. The number of nitrogens with zero attached hydrogens (tertiary/aromatic N) is 1. The van der Waals surface area contributed by atoms with Crippen molar-refractivity contribution in [1.82, 2.24) is 5.43 Å². The van der Waals surface area contributed by atoms with Gasteiger partial charge in [-0.1, -0.05) is 42.5 Å². The molecule has 0 radical (unpaired) electrons. The van der Waals surface area contributed by atoms with Crippen molar-refractivity contribution in [3.05, 3.63) is 64.6 Å². The highest BCUT2D eigenvalue weighted by molar-refractivity contribution is 9.12. The maximum Gasteiger partial charge on any atom is 0.284 e. The number of fused-ring (bicyclic) bond motifs is 1. The van der Waals surface area contributed by atoms with Gasteiger partial charge in [-0.25, -0.2) is 5.43 Å². The highest BCUT2D eigenvalue weighted by atomic mass is 79.9. The largest absolute Gasteiger partial charge is 0.485 e. The van der Waals surface area contributed by atoms with Gasteiger partial charge in [0.15, 0.2) is 11.5 Å². The van der Waals surface area contributed by atoms with Crippen molar-refractivity contribution >= 4 is 34.1 Å². The van der Waals surface area contributed by atoms with Crippen molar-refractivity contribution in [1.29, 1.82) is 0 Å². The van der Waals surface area contributed by atoms with Crippen molar-refractivity contribution in [3.63, 3.8) is 0 Å². The van der Waals surface area contributed by atoms with E-state index in [0.717, 1.165) is 10.0 Å². The van der Waals surface area contributed by atoms with Crippen LogP contribution in [-0.4, -0.2) is 24.8 Å². The standard InChI is InChI=1S/C18H15BrN2O3/c19-14(10-13-6-2-1-3-7-13)11-20-21-18(22)17-12-23-15-8-4-5-9-16(15)24-17/h1-11,17H,12H2,(H,21,22)/b14-10-,20-11+. The van der Waals surface area contributed by atoms with Crippen molar-refractivity contribution in [2.24, 2.45) is 5.10 Å². The Bertz CT molecular complexity index is 775. The number of para-hydroxylation sites is 2. The number of carbonyl (C=O) groups excluding carboxylic acids is 1. The fourth-order valence-electron chi connectivity index (χ4n) is 2.12. The highest BCUT2D eigenvalue weighted by Crippen LogP contribution is 2.30. The van der Waals surface area contributed by atoms with Gasteiger partial charge in [-0.3, -0.25) is 4.79 Å². The molecule has 0 fully saturated rings. The van der Waals surface area contributed by atoms with E-state index in [1.54, 1.807) is 12.1 Å². The van der Waals surface area contributed by atoms with E-state index in [0.29, 0.717) is 11.5 Å². The quantitative estimate of drug-likeness (QED) is 0.647. The Labute approximate surface area is 148 Å². The minimum absolute atomic E-state index is 0.152. The number of hydrogen-bond acceptors (Lipinski definition) is 4. The molecule has 1 amide bonds. The fourth-order valence-corrected chi connectivity index (χ4v) is 2.49. The number of rotatable bonds is 4. The molecule has 0 aliphatic carbocycles. The second-order valence-corrected chi connectivity index (χ2v) is 5.95. The maximum absolute atomic E-state index is 12.1. The van der Waals surface area contributed by atoms with Crippen LogP contribution in [0.2, 0.25) is 0 Å². The van der Waals surface area contributed by atoms with Crippen LogP contribution in [-0.2, 0) is 4.79 Å². The first kappa shape index (κ1) is 16.3. The molecule has 0 saturated carbocycles. The molecule has 0 saturated heterocycles. The molecule has 2 aromatic carbocycles. The minimum atomic E-state index is -0.728. The summed E-state index contributed by atoms with van der Waals surface area (Å²) in [5.41, 5.74) is 3.48. The van der Waals surface area contributed by atoms with E-state index in [-0.39, 0.29) is 12.5 Å². The Morgan fingerprint density at radius 1 is 1.12 bits per heavy atom. The Morgan fingerprint density at radius 2 is 1.83 bits per heavy atom. The zero-order valence-electron chi connectivity index (χ0n) is 12.7. The van der Waals surface area contributed by atoms with Gasteiger partial charge >= 0.3 is 0 Å². The number of benzene rings is 2. The van der Waals surface area contributed by atoms with Gasteiger partial charge in [0, 0.05) is 4.48 Å². The lowest BCUT2D eigenvalue weighted by Crippen LogP contribution is -2.42. The third kappa shape index (κ3) is 4.23. The number of ether oxygens (including phenoxy) is 2. The lowest BCUT2D eigenvalue weighted by atomic mass is 10.2. The van der Waals surface area contributed by atoms with E-state index in [1.165, 1.54) is 6.21 Å². The predicted octanol–water partition coefficient (Wildman–Crippen LogP) is 3.36. The number of amides is 1. The molecule has 1 atom stereocenters. The molecule has 6 heteroatoms. The summed E-state index contributed by atoms with van der Waals surface area (Å²) >= 11 is 3.39. The van der Waals surface area contributed by atoms with Gasteiger partial charge < -0.3 is 9.47 Å². The summed E-state index contributed by atoms with van der Waals surface area (Å²) in [5.74, 6) is 0.831. The molecular weight excluding hydrogens is 372 g/mol. The first-order valence-electron chi connectivity index (χ1n) is 7.36. The number of hydrogen-bond donors (Lipinski definition) is 1. The predicted molar refractivity (Wildman–Crippen MR) is 96.3 cm³/mol. The number of carbonyl (C=O) groups is 1. The van der Waals surface area contributed by atoms with E-state index >= 15 is 0 Å². The Kier molecular flexibility index (Phi) is 5.28. The summed E-state index contributed by atoms with van der Waals surface area (Å²) in [4.78, 5) is 12.1. The fraction of sp³-hybridized carbons (Fsp3) is 0.111. The minimum Gasteiger partial charge on any atom is -0.485 e. The van der Waals surface area contributed by atoms with E-state index in [1.807, 2.05) is 48.5 Å². The molecule has 3 rings (SSSR count). The number of nitrogens with one attached hydrogen (secondary N) is 1. The van der Waals surface area contributed by atoms with Crippen LogP contribution in [0.25, 0.3) is 6.08 Å². The van der Waals surface area contributed by atoms with Crippen molar-refractivity contribution in [2.45, 2.75) is 6.10 Å². The molecular formula is C18H15BrN2O3. The van der Waals surface area contributed by atoms with Crippen LogP contribution in [0, 0.1) is 0 Å². The van der Waals surface area contributed by atoms with Gasteiger partial charge in [-0.2, -0.15) is 5.10 Å². The van der Waals surface area contributed by atoms with E-state index in [9.17, 15) is 4.79 Å². The summed E-state index contributed by atoms with van der Waals surface area (Å²) < 4.78 is 11.9. The first-order chi connectivity index (χ1) is 11.7. The van der Waals surface area contributed by atoms with Crippen LogP contribution in [0.5, 0.6) is 11.5 Å². The number of halogens is 1. The number of hydrazone groups is 1. The second-order valence-electron chi connectivity index (χ2n) is 5.04. The average Bonchev–Trinajstić information content (AvgIpc) is 2.62. The highest BCUT2D eigenvalue weighted by Gasteiger charge is 2.26. The van der Waals surface area contributed by atoms with Crippen LogP contribution in [0.15, 0.2) is 64.2 Å². The molecule has 1 aliphatic heterocycles. The van der Waals surface area contributed by atoms with Crippen molar-refractivity contribution < 1.29 is 14.3 Å². The average molecular weight is 387 g/mol. The molecule has 5 nitrogen and oxygen atoms in total. The molecule has 2 aromatic rings. The lowest BCUT2D eigenvalue weighted by Gasteiger charge is -2.24. The van der Waals surface area contributed by atoms with Crippen LogP contribution in [0.1, 0.15) is 5.56 Å². The summed E-state index contributed by atoms with van der Waals surface area (Å²) in [6.07, 6.45) is 2.68. The number of allylic oxidation sites excluding steroid dienone is 1. The van der Waals surface area contributed by atoms with Crippen molar-refractivity contribution in [2.75, 3.05) is 6.61 Å². The lowest BCUT2D eigenvalue weighted by molar-refractivity contribution is -0.130. The van der Waals surface area contributed by atoms with Crippen LogP contribution in [0.4, 0.5) is 0 Å². The van der Waals surface area contributed by atoms with E-state index in [2.05, 4.69) is 26.5 Å². The molecule has 24 heavy (non-hydrogen) atoms. The van der Waals surface area contributed by atoms with Crippen molar-refractivity contribution in [3.8, 4) is 11.5 Å². The van der Waals surface area contributed by atoms with E-state index in [4.69, 9.17) is 9.47 Å². The zero-order chi connectivity index (χ0) is 16.8. The van der Waals surface area contributed by atoms with Gasteiger partial charge in [0.1, 0.15) is 6.61 Å². The normalized spacial score (nSPS) is 16.9. The summed E-state index contributed by atoms with van der Waals surface area (Å²) in [7, 11) is 0. The molecule has 1 unspecified atom stereocenters. The van der Waals surface area contributed by atoms with Crippen LogP contribution in [0.3, 0.4) is 0 Å². The second kappa shape index (κ2) is 7.79. The third-order valence-electron chi connectivity index (χ3n) is 3.27. The summed E-state index contributed by atoms with van der Waals surface area (Å²) in [6.45, 7) is 0.152. The molecule has 1 heterocycles. The maximum atomic E-state index is 12.1. The zero-order valence-corrected chi connectivity index (χ0v) is 14.3. The molecule has 1 aliphatic rings. The van der Waals surface area contributed by atoms with Gasteiger partial charge in [0.25, 0.3) is 5.91 Å². The summed E-state index contributed by atoms with van der Waals surface area (Å²) in [5, 5.41) is 3.92. The topological polar surface area (TPSA) is 59.9 Å². The molecule has 122 valence electrons. The third-order valence-corrected chi connectivity index (χ3v) is 3.70. The van der Waals surface area contributed by atoms with Gasteiger partial charge in [0.2, 0.25) is 6.10 Å². The summed E-state index contributed by atoms with van der Waals surface area (Å²) in [6, 6.07) is 17.0. The molecule has 0 bridgehead atoms. The van der Waals surface area contributed by atoms with Gasteiger partial charge in [-0.05, 0) is 39.7 Å². The molecule has 1 N–H and O–H groups in total. The molecule has 0 aromatic heterocycles. The van der Waals surface area contributed by atoms with Gasteiger partial charge in [0.05, 0.1) is 6.21 Å². The van der Waals surface area contributed by atoms with Crippen LogP contribution >= 0.6 is 15.9 Å².